The first-order chi connectivity index (χ1) is 7.83. The van der Waals surface area contributed by atoms with Gasteiger partial charge in [0, 0.05) is 11.8 Å². The van der Waals surface area contributed by atoms with E-state index < -0.39 is 0 Å². The number of benzene rings is 1. The van der Waals surface area contributed by atoms with Crippen LogP contribution in [0.2, 0.25) is 0 Å². The van der Waals surface area contributed by atoms with Gasteiger partial charge in [0.25, 0.3) is 0 Å². The summed E-state index contributed by atoms with van der Waals surface area (Å²) in [6.45, 7) is 3.79. The molecule has 2 nitrogen and oxygen atoms in total. The van der Waals surface area contributed by atoms with Crippen molar-refractivity contribution in [2.75, 3.05) is 13.3 Å². The predicted molar refractivity (Wildman–Crippen MR) is 70.7 cm³/mol. The van der Waals surface area contributed by atoms with E-state index in [0.717, 1.165) is 20.8 Å². The minimum Gasteiger partial charge on any atom is -0.497 e. The maximum Gasteiger partial charge on any atom is 0.118 e. The second-order valence-electron chi connectivity index (χ2n) is 4.00. The van der Waals surface area contributed by atoms with E-state index in [2.05, 4.69) is 24.0 Å². The summed E-state index contributed by atoms with van der Waals surface area (Å²) < 4.78 is 5.16. The molecule has 0 spiro atoms. The Kier molecular flexibility index (Phi) is 3.98. The van der Waals surface area contributed by atoms with Crippen molar-refractivity contribution in [3.8, 4) is 5.75 Å². The summed E-state index contributed by atoms with van der Waals surface area (Å²) in [6, 6.07) is 8.98. The van der Waals surface area contributed by atoms with Gasteiger partial charge < -0.3 is 10.1 Å². The zero-order chi connectivity index (χ0) is 11.4. The highest BCUT2D eigenvalue weighted by atomic mass is 31.1. The Balaban J connectivity index is 2.00. The Morgan fingerprint density at radius 3 is 2.88 bits per heavy atom. The molecule has 1 heterocycles. The van der Waals surface area contributed by atoms with Crippen LogP contribution in [0.15, 0.2) is 36.9 Å². The van der Waals surface area contributed by atoms with Crippen molar-refractivity contribution in [2.45, 2.75) is 18.2 Å². The highest BCUT2D eigenvalue weighted by Crippen LogP contribution is 2.39. The molecule has 0 radical (unpaired) electrons. The van der Waals surface area contributed by atoms with Gasteiger partial charge in [0.2, 0.25) is 0 Å². The second kappa shape index (κ2) is 5.47. The Morgan fingerprint density at radius 2 is 2.25 bits per heavy atom. The maximum atomic E-state index is 5.16. The molecule has 1 aromatic rings. The molecule has 1 aliphatic rings. The highest BCUT2D eigenvalue weighted by molar-refractivity contribution is 7.38. The third kappa shape index (κ3) is 2.63. The van der Waals surface area contributed by atoms with Gasteiger partial charge in [-0.2, -0.15) is 0 Å². The Bertz CT molecular complexity index is 349. The SMILES string of the molecule is C=CC[C@H]1CPC(c2ccc(OC)cc2)N1. The van der Waals surface area contributed by atoms with Crippen molar-refractivity contribution in [3.63, 3.8) is 0 Å². The third-order valence-electron chi connectivity index (χ3n) is 2.87. The zero-order valence-electron chi connectivity index (χ0n) is 9.57. The average Bonchev–Trinajstić information content (AvgIpc) is 2.78. The monoisotopic (exact) mass is 235 g/mol. The van der Waals surface area contributed by atoms with Crippen LogP contribution in [0, 0.1) is 0 Å². The van der Waals surface area contributed by atoms with Crippen molar-refractivity contribution in [1.82, 2.24) is 5.32 Å². The van der Waals surface area contributed by atoms with Crippen LogP contribution in [-0.2, 0) is 0 Å². The first kappa shape index (κ1) is 11.6. The van der Waals surface area contributed by atoms with Gasteiger partial charge in [-0.25, -0.2) is 0 Å². The van der Waals surface area contributed by atoms with E-state index in [1.165, 1.54) is 11.7 Å². The van der Waals surface area contributed by atoms with E-state index in [0.29, 0.717) is 11.8 Å². The Morgan fingerprint density at radius 1 is 1.50 bits per heavy atom. The quantitative estimate of drug-likeness (QED) is 0.640. The van der Waals surface area contributed by atoms with Gasteiger partial charge in [-0.1, -0.05) is 26.8 Å². The van der Waals surface area contributed by atoms with Gasteiger partial charge >= 0.3 is 0 Å². The summed E-state index contributed by atoms with van der Waals surface area (Å²) in [6.07, 6.45) is 4.33. The molecule has 0 amide bonds. The number of ether oxygens (including phenoxy) is 1. The molecule has 0 aromatic heterocycles. The smallest absolute Gasteiger partial charge is 0.118 e. The van der Waals surface area contributed by atoms with Crippen LogP contribution in [-0.4, -0.2) is 19.3 Å². The van der Waals surface area contributed by atoms with Crippen LogP contribution in [0.3, 0.4) is 0 Å². The second-order valence-corrected chi connectivity index (χ2v) is 5.40. The molecule has 16 heavy (non-hydrogen) atoms. The highest BCUT2D eigenvalue weighted by Gasteiger charge is 2.23. The fourth-order valence-corrected chi connectivity index (χ4v) is 3.56. The molecule has 1 saturated heterocycles. The van der Waals surface area contributed by atoms with Crippen LogP contribution in [0.25, 0.3) is 0 Å². The first-order valence-electron chi connectivity index (χ1n) is 5.57. The zero-order valence-corrected chi connectivity index (χ0v) is 10.6. The molecule has 3 atom stereocenters. The molecule has 2 rings (SSSR count). The van der Waals surface area contributed by atoms with Gasteiger partial charge in [0.05, 0.1) is 7.11 Å². The van der Waals surface area contributed by atoms with E-state index in [1.54, 1.807) is 7.11 Å². The molecule has 1 N–H and O–H groups in total. The number of nitrogens with one attached hydrogen (secondary N) is 1. The van der Waals surface area contributed by atoms with Crippen molar-refractivity contribution >= 4 is 8.58 Å². The Labute approximate surface area is 98.9 Å². The molecule has 1 aliphatic heterocycles. The van der Waals surface area contributed by atoms with E-state index in [9.17, 15) is 0 Å². The number of hydrogen-bond donors (Lipinski definition) is 1. The van der Waals surface area contributed by atoms with Gasteiger partial charge in [0.15, 0.2) is 0 Å². The lowest BCUT2D eigenvalue weighted by atomic mass is 10.2. The minimum atomic E-state index is 0.524. The largest absolute Gasteiger partial charge is 0.497 e. The minimum absolute atomic E-state index is 0.524. The number of hydrogen-bond acceptors (Lipinski definition) is 2. The molecule has 1 fully saturated rings. The summed E-state index contributed by atoms with van der Waals surface area (Å²) in [5.74, 6) is 1.45. The van der Waals surface area contributed by atoms with E-state index in [1.807, 2.05) is 18.2 Å². The summed E-state index contributed by atoms with van der Waals surface area (Å²) in [5.41, 5.74) is 1.37. The summed E-state index contributed by atoms with van der Waals surface area (Å²) >= 11 is 0. The molecule has 86 valence electrons. The van der Waals surface area contributed by atoms with Crippen molar-refractivity contribution in [3.05, 3.63) is 42.5 Å². The van der Waals surface area contributed by atoms with Gasteiger partial charge in [-0.05, 0) is 30.3 Å². The molecule has 0 aliphatic carbocycles. The van der Waals surface area contributed by atoms with Crippen LogP contribution in [0.5, 0.6) is 5.75 Å². The van der Waals surface area contributed by atoms with Gasteiger partial charge in [0.1, 0.15) is 5.75 Å². The van der Waals surface area contributed by atoms with Crippen LogP contribution < -0.4 is 10.1 Å². The molecule has 2 unspecified atom stereocenters. The van der Waals surface area contributed by atoms with E-state index in [4.69, 9.17) is 4.74 Å². The van der Waals surface area contributed by atoms with Gasteiger partial charge in [-0.15, -0.1) is 6.58 Å². The van der Waals surface area contributed by atoms with Gasteiger partial charge in [-0.3, -0.25) is 0 Å². The molecular formula is C13H18NOP. The lowest BCUT2D eigenvalue weighted by Crippen LogP contribution is -2.24. The normalized spacial score (nSPS) is 25.8. The summed E-state index contributed by atoms with van der Waals surface area (Å²) in [7, 11) is 2.66. The first-order valence-corrected chi connectivity index (χ1v) is 6.86. The van der Waals surface area contributed by atoms with Crippen molar-refractivity contribution in [2.24, 2.45) is 0 Å². The lowest BCUT2D eigenvalue weighted by Gasteiger charge is -2.13. The lowest BCUT2D eigenvalue weighted by molar-refractivity contribution is 0.414. The molecule has 0 bridgehead atoms. The Hall–Kier alpha value is -0.850. The fourth-order valence-electron chi connectivity index (χ4n) is 1.98. The van der Waals surface area contributed by atoms with Crippen molar-refractivity contribution < 1.29 is 4.74 Å². The molecule has 3 heteroatoms. The maximum absolute atomic E-state index is 5.16. The van der Waals surface area contributed by atoms with Crippen LogP contribution in [0.4, 0.5) is 0 Å². The molecule has 0 saturated carbocycles. The van der Waals surface area contributed by atoms with E-state index >= 15 is 0 Å². The average molecular weight is 235 g/mol. The summed E-state index contributed by atoms with van der Waals surface area (Å²) in [4.78, 5) is 0. The van der Waals surface area contributed by atoms with Crippen LogP contribution in [0.1, 0.15) is 17.8 Å². The molecule has 1 aromatic carbocycles. The predicted octanol–water partition coefficient (Wildman–Crippen LogP) is 2.92. The fraction of sp³-hybridized carbons (Fsp3) is 0.385. The summed E-state index contributed by atoms with van der Waals surface area (Å²) in [5, 5.41) is 3.65. The van der Waals surface area contributed by atoms with Crippen LogP contribution >= 0.6 is 8.58 Å². The number of rotatable bonds is 4. The topological polar surface area (TPSA) is 21.3 Å². The van der Waals surface area contributed by atoms with Crippen molar-refractivity contribution in [1.29, 1.82) is 0 Å². The molecular weight excluding hydrogens is 217 g/mol. The number of methoxy groups -OCH3 is 1. The standard InChI is InChI=1S/C13H18NOP/c1-3-4-11-9-16-13(14-11)10-5-7-12(15-2)8-6-10/h3,5-8,11,13-14,16H,1,4,9H2,2H3/t11-,13?/m0/s1. The van der Waals surface area contributed by atoms with E-state index in [-0.39, 0.29) is 0 Å². The third-order valence-corrected chi connectivity index (χ3v) is 4.51.